The number of benzene rings is 1. The van der Waals surface area contributed by atoms with Gasteiger partial charge in [0.15, 0.2) is 0 Å². The van der Waals surface area contributed by atoms with Gasteiger partial charge >= 0.3 is 5.97 Å². The van der Waals surface area contributed by atoms with Crippen LogP contribution in [0.4, 0.5) is 0 Å². The summed E-state index contributed by atoms with van der Waals surface area (Å²) in [5, 5.41) is 1.73. The fraction of sp³-hybridized carbons (Fsp3) is 0.188. The minimum Gasteiger partial charge on any atom is -0.461 e. The van der Waals surface area contributed by atoms with E-state index in [1.54, 1.807) is 23.8 Å². The zero-order chi connectivity index (χ0) is 15.0. The second-order valence-electron chi connectivity index (χ2n) is 4.68. The van der Waals surface area contributed by atoms with Gasteiger partial charge in [-0.2, -0.15) is 0 Å². The van der Waals surface area contributed by atoms with Gasteiger partial charge in [-0.1, -0.05) is 18.2 Å². The maximum absolute atomic E-state index is 11.9. The van der Waals surface area contributed by atoms with E-state index in [9.17, 15) is 9.59 Å². The summed E-state index contributed by atoms with van der Waals surface area (Å²) in [5.74, 6) is -0.550. The summed E-state index contributed by atoms with van der Waals surface area (Å²) in [6.07, 6.45) is 1.54. The Kier molecular flexibility index (Phi) is 3.17. The molecule has 5 nitrogen and oxygen atoms in total. The Balaban J connectivity index is 2.33. The number of carbonyl (C=O) groups excluding carboxylic acids is 2. The number of ether oxygens (including phenoxy) is 1. The quantitative estimate of drug-likeness (QED) is 0.678. The van der Waals surface area contributed by atoms with Gasteiger partial charge in [0.25, 0.3) is 0 Å². The van der Waals surface area contributed by atoms with Crippen molar-refractivity contribution in [2.45, 2.75) is 13.8 Å². The SMILES string of the molecule is CCOC(=O)c1cc2c3ccccc3n(C(C)=O)c2cn1. The van der Waals surface area contributed by atoms with E-state index in [0.29, 0.717) is 12.1 Å². The van der Waals surface area contributed by atoms with Crippen molar-refractivity contribution >= 4 is 33.7 Å². The largest absolute Gasteiger partial charge is 0.461 e. The number of carbonyl (C=O) groups is 2. The first-order chi connectivity index (χ1) is 10.1. The molecule has 2 aromatic heterocycles. The van der Waals surface area contributed by atoms with Crippen molar-refractivity contribution in [3.63, 3.8) is 0 Å². The Labute approximate surface area is 121 Å². The van der Waals surface area contributed by atoms with E-state index in [1.807, 2.05) is 24.3 Å². The van der Waals surface area contributed by atoms with Gasteiger partial charge in [0.05, 0.1) is 23.8 Å². The number of esters is 1. The second-order valence-corrected chi connectivity index (χ2v) is 4.68. The van der Waals surface area contributed by atoms with E-state index in [1.165, 1.54) is 6.92 Å². The first-order valence-electron chi connectivity index (χ1n) is 6.70. The lowest BCUT2D eigenvalue weighted by Crippen LogP contribution is -2.08. The van der Waals surface area contributed by atoms with Gasteiger partial charge in [-0.15, -0.1) is 0 Å². The molecule has 106 valence electrons. The number of rotatable bonds is 2. The normalized spacial score (nSPS) is 11.0. The number of hydrogen-bond donors (Lipinski definition) is 0. The van der Waals surface area contributed by atoms with Crippen LogP contribution in [0.15, 0.2) is 36.5 Å². The first kappa shape index (κ1) is 13.3. The molecule has 0 saturated heterocycles. The number of pyridine rings is 1. The highest BCUT2D eigenvalue weighted by molar-refractivity contribution is 6.13. The molecular weight excluding hydrogens is 268 g/mol. The van der Waals surface area contributed by atoms with E-state index in [-0.39, 0.29) is 11.6 Å². The van der Waals surface area contributed by atoms with Crippen LogP contribution in [0.5, 0.6) is 0 Å². The highest BCUT2D eigenvalue weighted by Crippen LogP contribution is 2.28. The van der Waals surface area contributed by atoms with Crippen molar-refractivity contribution in [2.24, 2.45) is 0 Å². The van der Waals surface area contributed by atoms with Gasteiger partial charge < -0.3 is 4.74 Å². The van der Waals surface area contributed by atoms with E-state index in [4.69, 9.17) is 4.74 Å². The minimum atomic E-state index is -0.459. The molecular formula is C16H14N2O3. The summed E-state index contributed by atoms with van der Waals surface area (Å²) in [7, 11) is 0. The zero-order valence-corrected chi connectivity index (χ0v) is 11.8. The van der Waals surface area contributed by atoms with Crippen LogP contribution >= 0.6 is 0 Å². The standard InChI is InChI=1S/C16H14N2O3/c1-3-21-16(20)13-8-12-11-6-4-5-7-14(11)18(10(2)19)15(12)9-17-13/h4-9H,3H2,1-2H3. The van der Waals surface area contributed by atoms with Crippen molar-refractivity contribution < 1.29 is 14.3 Å². The maximum Gasteiger partial charge on any atom is 0.356 e. The van der Waals surface area contributed by atoms with Crippen LogP contribution in [0.25, 0.3) is 21.8 Å². The predicted molar refractivity (Wildman–Crippen MR) is 79.5 cm³/mol. The second kappa shape index (κ2) is 5.01. The molecule has 0 aliphatic heterocycles. The van der Waals surface area contributed by atoms with E-state index in [2.05, 4.69) is 4.98 Å². The zero-order valence-electron chi connectivity index (χ0n) is 11.8. The van der Waals surface area contributed by atoms with Crippen molar-refractivity contribution in [3.05, 3.63) is 42.2 Å². The van der Waals surface area contributed by atoms with Gasteiger partial charge in [-0.25, -0.2) is 9.78 Å². The van der Waals surface area contributed by atoms with E-state index >= 15 is 0 Å². The van der Waals surface area contributed by atoms with Gasteiger partial charge in [0.1, 0.15) is 5.69 Å². The fourth-order valence-corrected chi connectivity index (χ4v) is 2.52. The van der Waals surface area contributed by atoms with Gasteiger partial charge in [-0.3, -0.25) is 9.36 Å². The number of nitrogens with zero attached hydrogens (tertiary/aromatic N) is 2. The molecule has 0 aliphatic rings. The van der Waals surface area contributed by atoms with Crippen LogP contribution in [0.2, 0.25) is 0 Å². The molecule has 0 N–H and O–H groups in total. The summed E-state index contributed by atoms with van der Waals surface area (Å²) >= 11 is 0. The Morgan fingerprint density at radius 2 is 1.95 bits per heavy atom. The summed E-state index contributed by atoms with van der Waals surface area (Å²) in [6, 6.07) is 9.25. The summed E-state index contributed by atoms with van der Waals surface area (Å²) in [4.78, 5) is 27.8. The molecule has 0 bridgehead atoms. The smallest absolute Gasteiger partial charge is 0.356 e. The van der Waals surface area contributed by atoms with Crippen molar-refractivity contribution in [3.8, 4) is 0 Å². The van der Waals surface area contributed by atoms with Gasteiger partial charge in [-0.05, 0) is 19.1 Å². The highest BCUT2D eigenvalue weighted by Gasteiger charge is 2.16. The van der Waals surface area contributed by atoms with Crippen LogP contribution in [0.1, 0.15) is 29.1 Å². The molecule has 0 spiro atoms. The van der Waals surface area contributed by atoms with Crippen LogP contribution < -0.4 is 0 Å². The summed E-state index contributed by atoms with van der Waals surface area (Å²) in [6.45, 7) is 3.55. The van der Waals surface area contributed by atoms with Gasteiger partial charge in [0.2, 0.25) is 5.91 Å². The molecule has 0 atom stereocenters. The molecule has 0 saturated carbocycles. The molecule has 0 unspecified atom stereocenters. The van der Waals surface area contributed by atoms with Crippen molar-refractivity contribution in [1.29, 1.82) is 0 Å². The van der Waals surface area contributed by atoms with E-state index in [0.717, 1.165) is 16.3 Å². The monoisotopic (exact) mass is 282 g/mol. The average Bonchev–Trinajstić information content (AvgIpc) is 2.81. The van der Waals surface area contributed by atoms with Crippen LogP contribution in [0.3, 0.4) is 0 Å². The summed E-state index contributed by atoms with van der Waals surface area (Å²) < 4.78 is 6.57. The number of aromatic nitrogens is 2. The molecule has 1 aromatic carbocycles. The molecule has 0 radical (unpaired) electrons. The first-order valence-corrected chi connectivity index (χ1v) is 6.70. The lowest BCUT2D eigenvalue weighted by atomic mass is 10.1. The lowest BCUT2D eigenvalue weighted by molar-refractivity contribution is 0.0519. The topological polar surface area (TPSA) is 61.2 Å². The van der Waals surface area contributed by atoms with Crippen molar-refractivity contribution in [2.75, 3.05) is 6.61 Å². The Hall–Kier alpha value is -2.69. The van der Waals surface area contributed by atoms with Gasteiger partial charge in [0, 0.05) is 17.7 Å². The molecule has 3 rings (SSSR count). The third-order valence-corrected chi connectivity index (χ3v) is 3.36. The third kappa shape index (κ3) is 2.07. The van der Waals surface area contributed by atoms with Crippen molar-refractivity contribution in [1.82, 2.24) is 9.55 Å². The maximum atomic E-state index is 11.9. The summed E-state index contributed by atoms with van der Waals surface area (Å²) in [5.41, 5.74) is 1.75. The average molecular weight is 282 g/mol. The molecule has 3 aromatic rings. The van der Waals surface area contributed by atoms with Crippen LogP contribution in [-0.2, 0) is 4.74 Å². The van der Waals surface area contributed by atoms with E-state index < -0.39 is 5.97 Å². The molecule has 0 fully saturated rings. The minimum absolute atomic E-state index is 0.0908. The molecule has 0 amide bonds. The lowest BCUT2D eigenvalue weighted by Gasteiger charge is -2.02. The molecule has 2 heterocycles. The number of para-hydroxylation sites is 1. The predicted octanol–water partition coefficient (Wildman–Crippen LogP) is 3.03. The number of fused-ring (bicyclic) bond motifs is 3. The Morgan fingerprint density at radius 1 is 1.19 bits per heavy atom. The van der Waals surface area contributed by atoms with Crippen LogP contribution in [-0.4, -0.2) is 28.0 Å². The Bertz CT molecular complexity index is 864. The molecule has 5 heteroatoms. The third-order valence-electron chi connectivity index (χ3n) is 3.36. The number of hydrogen-bond acceptors (Lipinski definition) is 4. The fourth-order valence-electron chi connectivity index (χ4n) is 2.52. The highest BCUT2D eigenvalue weighted by atomic mass is 16.5. The Morgan fingerprint density at radius 3 is 2.67 bits per heavy atom. The molecule has 21 heavy (non-hydrogen) atoms. The van der Waals surface area contributed by atoms with Crippen LogP contribution in [0, 0.1) is 0 Å². The molecule has 0 aliphatic carbocycles.